The van der Waals surface area contributed by atoms with E-state index in [0.29, 0.717) is 0 Å². The first-order valence-electron chi connectivity index (χ1n) is 19.2. The van der Waals surface area contributed by atoms with Crippen molar-refractivity contribution in [3.8, 4) is 0 Å². The van der Waals surface area contributed by atoms with Gasteiger partial charge >= 0.3 is 0 Å². The van der Waals surface area contributed by atoms with Crippen LogP contribution < -0.4 is 0 Å². The van der Waals surface area contributed by atoms with Crippen molar-refractivity contribution in [2.45, 2.75) is 232 Å². The Hall–Kier alpha value is -0.560. The van der Waals surface area contributed by atoms with Gasteiger partial charge in [-0.2, -0.15) is 0 Å². The summed E-state index contributed by atoms with van der Waals surface area (Å²) in [6, 6.07) is 0. The van der Waals surface area contributed by atoms with Crippen molar-refractivity contribution >= 4 is 0 Å². The average molecular weight is 575 g/mol. The molecule has 0 aliphatic carbocycles. The zero-order valence-corrected chi connectivity index (χ0v) is 28.8. The minimum atomic E-state index is 0.191. The van der Waals surface area contributed by atoms with Crippen LogP contribution in [0.2, 0.25) is 0 Å². The van der Waals surface area contributed by atoms with Crippen molar-refractivity contribution in [2.24, 2.45) is 0 Å². The van der Waals surface area contributed by atoms with Gasteiger partial charge in [-0.05, 0) is 12.8 Å². The summed E-state index contributed by atoms with van der Waals surface area (Å²) in [5.74, 6) is 0. The molecule has 1 nitrogen and oxygen atoms in total. The van der Waals surface area contributed by atoms with Gasteiger partial charge in [-0.15, -0.1) is 13.2 Å². The van der Waals surface area contributed by atoms with Gasteiger partial charge in [-0.1, -0.05) is 219 Å². The predicted octanol–water partition coefficient (Wildman–Crippen LogP) is 14.6. The molecule has 0 aromatic heterocycles. The Balaban J connectivity index is 3.51. The van der Waals surface area contributed by atoms with E-state index >= 15 is 0 Å². The van der Waals surface area contributed by atoms with Crippen molar-refractivity contribution in [3.05, 3.63) is 25.3 Å². The molecule has 0 spiro atoms. The van der Waals surface area contributed by atoms with E-state index in [1.54, 1.807) is 0 Å². The molecule has 0 aliphatic rings. The molecule has 0 saturated heterocycles. The Labute approximate surface area is 261 Å². The Bertz CT molecular complexity index is 453. The first-order chi connectivity index (χ1) is 20.3. The van der Waals surface area contributed by atoms with Crippen LogP contribution in [0.5, 0.6) is 0 Å². The highest BCUT2D eigenvalue weighted by molar-refractivity contribution is 4.86. The molecule has 0 rings (SSSR count). The van der Waals surface area contributed by atoms with E-state index in [2.05, 4.69) is 27.0 Å². The summed E-state index contributed by atoms with van der Waals surface area (Å²) < 4.78 is 6.35. The summed E-state index contributed by atoms with van der Waals surface area (Å²) in [5.41, 5.74) is 0. The Kier molecular flexibility index (Phi) is 35.1. The molecule has 0 saturated carbocycles. The molecule has 41 heavy (non-hydrogen) atoms. The van der Waals surface area contributed by atoms with Crippen molar-refractivity contribution < 1.29 is 4.74 Å². The van der Waals surface area contributed by atoms with Gasteiger partial charge in [0, 0.05) is 0 Å². The zero-order chi connectivity index (χ0) is 29.9. The first kappa shape index (κ1) is 40.4. The second-order valence-corrected chi connectivity index (χ2v) is 13.2. The summed E-state index contributed by atoms with van der Waals surface area (Å²) in [6.45, 7) is 12.7. The van der Waals surface area contributed by atoms with E-state index < -0.39 is 0 Å². The fraction of sp³-hybridized carbons (Fsp3) is 0.900. The standard InChI is InChI=1S/C40H78O/c1-5-9-11-13-15-17-19-21-23-25-27-29-31-33-35-37-39(7-3)41-40(8-4)38-36-34-32-30-28-26-24-22-20-18-16-14-12-10-6-2/h7-8,39-40H,3-6,9-38H2,1-2H3. The molecular weight excluding hydrogens is 496 g/mol. The molecule has 0 aromatic rings. The molecule has 2 atom stereocenters. The largest absolute Gasteiger partial charge is 0.367 e. The summed E-state index contributed by atoms with van der Waals surface area (Å²) in [6.07, 6.45) is 49.1. The Morgan fingerprint density at radius 1 is 0.341 bits per heavy atom. The Morgan fingerprint density at radius 3 is 0.732 bits per heavy atom. The number of hydrogen-bond donors (Lipinski definition) is 0. The van der Waals surface area contributed by atoms with Crippen LogP contribution in [0.3, 0.4) is 0 Å². The molecule has 0 heterocycles. The third-order valence-electron chi connectivity index (χ3n) is 9.06. The van der Waals surface area contributed by atoms with Crippen LogP contribution in [0.4, 0.5) is 0 Å². The number of unbranched alkanes of at least 4 members (excludes halogenated alkanes) is 28. The van der Waals surface area contributed by atoms with E-state index in [9.17, 15) is 0 Å². The van der Waals surface area contributed by atoms with Crippen LogP contribution in [0.25, 0.3) is 0 Å². The summed E-state index contributed by atoms with van der Waals surface area (Å²) >= 11 is 0. The highest BCUT2D eigenvalue weighted by Crippen LogP contribution is 2.18. The average Bonchev–Trinajstić information content (AvgIpc) is 2.99. The molecule has 1 heteroatoms. The smallest absolute Gasteiger partial charge is 0.0761 e. The van der Waals surface area contributed by atoms with Gasteiger partial charge in [-0.3, -0.25) is 0 Å². The molecule has 0 aromatic carbocycles. The molecule has 0 fully saturated rings. The van der Waals surface area contributed by atoms with Gasteiger partial charge in [0.1, 0.15) is 0 Å². The summed E-state index contributed by atoms with van der Waals surface area (Å²) in [5, 5.41) is 0. The lowest BCUT2D eigenvalue weighted by molar-refractivity contribution is 0.0299. The maximum absolute atomic E-state index is 6.35. The van der Waals surface area contributed by atoms with Gasteiger partial charge in [0.05, 0.1) is 12.2 Å². The Morgan fingerprint density at radius 2 is 0.537 bits per heavy atom. The normalized spacial score (nSPS) is 12.9. The molecule has 0 amide bonds. The fourth-order valence-electron chi connectivity index (χ4n) is 6.14. The van der Waals surface area contributed by atoms with Gasteiger partial charge in [0.15, 0.2) is 0 Å². The number of hydrogen-bond acceptors (Lipinski definition) is 1. The zero-order valence-electron chi connectivity index (χ0n) is 28.8. The fourth-order valence-corrected chi connectivity index (χ4v) is 6.14. The highest BCUT2D eigenvalue weighted by Gasteiger charge is 2.11. The molecule has 0 bridgehead atoms. The third kappa shape index (κ3) is 32.2. The second-order valence-electron chi connectivity index (χ2n) is 13.2. The van der Waals surface area contributed by atoms with E-state index in [4.69, 9.17) is 4.74 Å². The molecule has 2 unspecified atom stereocenters. The minimum Gasteiger partial charge on any atom is -0.367 e. The van der Waals surface area contributed by atoms with Crippen molar-refractivity contribution in [1.29, 1.82) is 0 Å². The molecule has 244 valence electrons. The maximum Gasteiger partial charge on any atom is 0.0761 e. The molecule has 0 aliphatic heterocycles. The number of ether oxygens (including phenoxy) is 1. The predicted molar refractivity (Wildman–Crippen MR) is 188 cm³/mol. The lowest BCUT2D eigenvalue weighted by Crippen LogP contribution is -2.19. The maximum atomic E-state index is 6.35. The van der Waals surface area contributed by atoms with E-state index in [1.165, 1.54) is 193 Å². The molecule has 0 N–H and O–H groups in total. The van der Waals surface area contributed by atoms with Gasteiger partial charge < -0.3 is 4.74 Å². The van der Waals surface area contributed by atoms with Crippen LogP contribution in [-0.2, 0) is 4.74 Å². The second kappa shape index (κ2) is 35.6. The van der Waals surface area contributed by atoms with E-state index in [-0.39, 0.29) is 12.2 Å². The van der Waals surface area contributed by atoms with Crippen LogP contribution in [-0.4, -0.2) is 12.2 Å². The monoisotopic (exact) mass is 575 g/mol. The van der Waals surface area contributed by atoms with Crippen molar-refractivity contribution in [3.63, 3.8) is 0 Å². The van der Waals surface area contributed by atoms with Crippen molar-refractivity contribution in [2.75, 3.05) is 0 Å². The number of rotatable bonds is 36. The quantitative estimate of drug-likeness (QED) is 0.0534. The summed E-state index contributed by atoms with van der Waals surface area (Å²) in [4.78, 5) is 0. The lowest BCUT2D eigenvalue weighted by Gasteiger charge is -2.20. The molecule has 0 radical (unpaired) electrons. The van der Waals surface area contributed by atoms with E-state index in [1.807, 2.05) is 12.2 Å². The molecular formula is C40H78O. The van der Waals surface area contributed by atoms with E-state index in [0.717, 1.165) is 12.8 Å². The third-order valence-corrected chi connectivity index (χ3v) is 9.06. The van der Waals surface area contributed by atoms with Crippen LogP contribution >= 0.6 is 0 Å². The van der Waals surface area contributed by atoms with Crippen LogP contribution in [0.15, 0.2) is 25.3 Å². The lowest BCUT2D eigenvalue weighted by atomic mass is 10.0. The topological polar surface area (TPSA) is 9.23 Å². The highest BCUT2D eigenvalue weighted by atomic mass is 16.5. The van der Waals surface area contributed by atoms with Gasteiger partial charge in [0.25, 0.3) is 0 Å². The first-order valence-corrected chi connectivity index (χ1v) is 19.2. The SMILES string of the molecule is C=CC(CCCCCCCCCCCCCCCCC)OC(C=C)CCCCCCCCCCCCCCCCC. The minimum absolute atomic E-state index is 0.191. The summed E-state index contributed by atoms with van der Waals surface area (Å²) in [7, 11) is 0. The van der Waals surface area contributed by atoms with Gasteiger partial charge in [-0.25, -0.2) is 0 Å². The van der Waals surface area contributed by atoms with Crippen molar-refractivity contribution in [1.82, 2.24) is 0 Å². The van der Waals surface area contributed by atoms with Crippen LogP contribution in [0.1, 0.15) is 219 Å². The van der Waals surface area contributed by atoms with Crippen LogP contribution in [0, 0.1) is 0 Å². The van der Waals surface area contributed by atoms with Gasteiger partial charge in [0.2, 0.25) is 0 Å².